The molecule has 2 heterocycles. The van der Waals surface area contributed by atoms with Crippen LogP contribution in [0.15, 0.2) is 0 Å². The van der Waals surface area contributed by atoms with Crippen molar-refractivity contribution < 1.29 is 14.3 Å². The zero-order valence-electron chi connectivity index (χ0n) is 11.9. The summed E-state index contributed by atoms with van der Waals surface area (Å²) < 4.78 is 11.1. The summed E-state index contributed by atoms with van der Waals surface area (Å²) in [7, 11) is 0. The van der Waals surface area contributed by atoms with Gasteiger partial charge in [0, 0.05) is 25.2 Å². The summed E-state index contributed by atoms with van der Waals surface area (Å²) in [6.07, 6.45) is 4.68. The number of rotatable bonds is 5. The average Bonchev–Trinajstić information content (AvgIpc) is 2.40. The molecule has 5 nitrogen and oxygen atoms in total. The van der Waals surface area contributed by atoms with Gasteiger partial charge in [0.15, 0.2) is 0 Å². The van der Waals surface area contributed by atoms with Crippen LogP contribution in [0.25, 0.3) is 0 Å². The summed E-state index contributed by atoms with van der Waals surface area (Å²) in [6, 6.07) is 0. The van der Waals surface area contributed by atoms with E-state index in [0.29, 0.717) is 19.1 Å². The third kappa shape index (κ3) is 5.09. The van der Waals surface area contributed by atoms with Crippen LogP contribution in [0.1, 0.15) is 39.0 Å². The predicted octanol–water partition coefficient (Wildman–Crippen LogP) is 0.830. The highest BCUT2D eigenvalue weighted by Crippen LogP contribution is 2.19. The number of hydrogen-bond donors (Lipinski definition) is 2. The Bertz CT molecular complexity index is 284. The molecular weight excluding hydrogens is 244 g/mol. The molecule has 19 heavy (non-hydrogen) atoms. The van der Waals surface area contributed by atoms with Crippen molar-refractivity contribution in [3.63, 3.8) is 0 Å². The van der Waals surface area contributed by atoms with Gasteiger partial charge >= 0.3 is 0 Å². The van der Waals surface area contributed by atoms with Crippen LogP contribution in [0.5, 0.6) is 0 Å². The molecule has 0 radical (unpaired) electrons. The summed E-state index contributed by atoms with van der Waals surface area (Å²) in [4.78, 5) is 11.9. The van der Waals surface area contributed by atoms with Gasteiger partial charge in [0.25, 0.3) is 0 Å². The molecule has 0 aromatic heterocycles. The van der Waals surface area contributed by atoms with Crippen molar-refractivity contribution in [1.82, 2.24) is 10.6 Å². The Morgan fingerprint density at radius 1 is 1.37 bits per heavy atom. The second-order valence-electron chi connectivity index (χ2n) is 5.79. The topological polar surface area (TPSA) is 59.6 Å². The summed E-state index contributed by atoms with van der Waals surface area (Å²) >= 11 is 0. The summed E-state index contributed by atoms with van der Waals surface area (Å²) in [5.74, 6) is 0.0957. The van der Waals surface area contributed by atoms with Gasteiger partial charge < -0.3 is 20.1 Å². The summed E-state index contributed by atoms with van der Waals surface area (Å²) in [5, 5.41) is 6.42. The second-order valence-corrected chi connectivity index (χ2v) is 5.79. The number of amides is 1. The molecule has 0 atom stereocenters. The maximum absolute atomic E-state index is 11.9. The molecule has 2 N–H and O–H groups in total. The lowest BCUT2D eigenvalue weighted by Gasteiger charge is -2.34. The van der Waals surface area contributed by atoms with E-state index in [1.54, 1.807) is 0 Å². The Balaban J connectivity index is 1.61. The Kier molecular flexibility index (Phi) is 5.60. The number of ether oxygens (including phenoxy) is 2. The van der Waals surface area contributed by atoms with E-state index in [9.17, 15) is 4.79 Å². The number of carbonyl (C=O) groups is 1. The van der Waals surface area contributed by atoms with E-state index < -0.39 is 0 Å². The number of hydrogen-bond acceptors (Lipinski definition) is 4. The molecule has 2 rings (SSSR count). The van der Waals surface area contributed by atoms with Crippen LogP contribution in [0, 0.1) is 0 Å². The van der Waals surface area contributed by atoms with Gasteiger partial charge in [0.1, 0.15) is 0 Å². The quantitative estimate of drug-likeness (QED) is 0.777. The lowest BCUT2D eigenvalue weighted by atomic mass is 9.92. The van der Waals surface area contributed by atoms with Gasteiger partial charge in [-0.2, -0.15) is 0 Å². The van der Waals surface area contributed by atoms with Gasteiger partial charge in [-0.25, -0.2) is 0 Å². The van der Waals surface area contributed by atoms with Crippen molar-refractivity contribution in [2.75, 3.05) is 32.9 Å². The van der Waals surface area contributed by atoms with Crippen LogP contribution in [-0.2, 0) is 14.3 Å². The molecule has 0 unspecified atom stereocenters. The molecule has 0 aliphatic carbocycles. The highest BCUT2D eigenvalue weighted by molar-refractivity contribution is 5.76. The minimum absolute atomic E-state index is 0.0932. The maximum Gasteiger partial charge on any atom is 0.222 e. The molecule has 1 amide bonds. The van der Waals surface area contributed by atoms with Crippen molar-refractivity contribution in [2.24, 2.45) is 0 Å². The molecular formula is C14H26N2O3. The minimum Gasteiger partial charge on any atom is -0.381 e. The molecule has 5 heteroatoms. The zero-order valence-corrected chi connectivity index (χ0v) is 11.9. The number of nitrogens with one attached hydrogen (secondary N) is 2. The van der Waals surface area contributed by atoms with Gasteiger partial charge in [-0.1, -0.05) is 0 Å². The predicted molar refractivity (Wildman–Crippen MR) is 73.1 cm³/mol. The first kappa shape index (κ1) is 14.8. The highest BCUT2D eigenvalue weighted by atomic mass is 16.5. The molecule has 2 aliphatic heterocycles. The van der Waals surface area contributed by atoms with E-state index in [4.69, 9.17) is 9.47 Å². The van der Waals surface area contributed by atoms with Gasteiger partial charge in [0.05, 0.1) is 12.7 Å². The first-order chi connectivity index (χ1) is 9.18. The van der Waals surface area contributed by atoms with E-state index in [1.165, 1.54) is 0 Å². The standard InChI is InChI=1S/C14H26N2O3/c1-14(5-10-18-11-6-14)16-13(17)4-9-19-12-2-7-15-8-3-12/h12,15H,2-11H2,1H3,(H,16,17). The van der Waals surface area contributed by atoms with Crippen molar-refractivity contribution >= 4 is 5.91 Å². The molecule has 110 valence electrons. The Hall–Kier alpha value is -0.650. The average molecular weight is 270 g/mol. The third-order valence-electron chi connectivity index (χ3n) is 4.01. The van der Waals surface area contributed by atoms with E-state index in [-0.39, 0.29) is 11.4 Å². The fraction of sp³-hybridized carbons (Fsp3) is 0.929. The van der Waals surface area contributed by atoms with Crippen molar-refractivity contribution in [3.05, 3.63) is 0 Å². The van der Waals surface area contributed by atoms with E-state index >= 15 is 0 Å². The second kappa shape index (κ2) is 7.22. The molecule has 2 aliphatic rings. The molecule has 0 saturated carbocycles. The maximum atomic E-state index is 11.9. The van der Waals surface area contributed by atoms with Crippen LogP contribution in [0.3, 0.4) is 0 Å². The largest absolute Gasteiger partial charge is 0.381 e. The highest BCUT2D eigenvalue weighted by Gasteiger charge is 2.28. The molecule has 0 bridgehead atoms. The molecule has 0 aromatic carbocycles. The minimum atomic E-state index is -0.0932. The van der Waals surface area contributed by atoms with Gasteiger partial charge in [-0.05, 0) is 45.7 Å². The lowest BCUT2D eigenvalue weighted by Crippen LogP contribution is -2.49. The van der Waals surface area contributed by atoms with E-state index in [1.807, 2.05) is 0 Å². The number of piperidine rings is 1. The fourth-order valence-electron chi connectivity index (χ4n) is 2.63. The molecule has 0 spiro atoms. The summed E-state index contributed by atoms with van der Waals surface area (Å²) in [6.45, 7) is 6.15. The normalized spacial score (nSPS) is 24.1. The van der Waals surface area contributed by atoms with Gasteiger partial charge in [-0.3, -0.25) is 4.79 Å². The van der Waals surface area contributed by atoms with Crippen LogP contribution >= 0.6 is 0 Å². The summed E-state index contributed by atoms with van der Waals surface area (Å²) in [5.41, 5.74) is -0.0932. The zero-order chi connectivity index (χ0) is 13.6. The van der Waals surface area contributed by atoms with Crippen LogP contribution in [0.2, 0.25) is 0 Å². The monoisotopic (exact) mass is 270 g/mol. The fourth-order valence-corrected chi connectivity index (χ4v) is 2.63. The Morgan fingerprint density at radius 2 is 2.05 bits per heavy atom. The first-order valence-corrected chi connectivity index (χ1v) is 7.39. The lowest BCUT2D eigenvalue weighted by molar-refractivity contribution is -0.125. The number of carbonyl (C=O) groups excluding carboxylic acids is 1. The first-order valence-electron chi connectivity index (χ1n) is 7.39. The Labute approximate surface area is 115 Å². The van der Waals surface area contributed by atoms with Gasteiger partial charge in [-0.15, -0.1) is 0 Å². The van der Waals surface area contributed by atoms with Crippen LogP contribution < -0.4 is 10.6 Å². The molecule has 2 saturated heterocycles. The SMILES string of the molecule is CC1(NC(=O)CCOC2CCNCC2)CCOCC1. The third-order valence-corrected chi connectivity index (χ3v) is 4.01. The van der Waals surface area contributed by atoms with Crippen LogP contribution in [0.4, 0.5) is 0 Å². The van der Waals surface area contributed by atoms with Gasteiger partial charge in [0.2, 0.25) is 5.91 Å². The Morgan fingerprint density at radius 3 is 2.74 bits per heavy atom. The van der Waals surface area contributed by atoms with Crippen molar-refractivity contribution in [1.29, 1.82) is 0 Å². The van der Waals surface area contributed by atoms with Crippen molar-refractivity contribution in [2.45, 2.75) is 50.7 Å². The van der Waals surface area contributed by atoms with Crippen LogP contribution in [-0.4, -0.2) is 50.5 Å². The van der Waals surface area contributed by atoms with E-state index in [2.05, 4.69) is 17.6 Å². The molecule has 2 fully saturated rings. The molecule has 0 aromatic rings. The van der Waals surface area contributed by atoms with E-state index in [0.717, 1.165) is 52.0 Å². The smallest absolute Gasteiger partial charge is 0.222 e. The van der Waals surface area contributed by atoms with Crippen molar-refractivity contribution in [3.8, 4) is 0 Å².